The molecule has 4 heteroatoms. The van der Waals surface area contributed by atoms with Crippen LogP contribution in [0.4, 0.5) is 0 Å². The van der Waals surface area contributed by atoms with Crippen molar-refractivity contribution in [3.05, 3.63) is 54.1 Å². The van der Waals surface area contributed by atoms with Gasteiger partial charge in [0.05, 0.1) is 11.6 Å². The van der Waals surface area contributed by atoms with Crippen molar-refractivity contribution in [1.29, 1.82) is 5.26 Å². The van der Waals surface area contributed by atoms with Crippen LogP contribution in [0.25, 0.3) is 11.1 Å². The Hall–Kier alpha value is -2.09. The minimum Gasteiger partial charge on any atom is -0.407 e. The highest BCUT2D eigenvalue weighted by Gasteiger charge is 2.33. The fraction of sp³-hybridized carbons (Fsp3) is 0.278. The quantitative estimate of drug-likeness (QED) is 0.799. The van der Waals surface area contributed by atoms with Gasteiger partial charge in [0.2, 0.25) is 0 Å². The van der Waals surface area contributed by atoms with Gasteiger partial charge in [0.1, 0.15) is 0 Å². The molecule has 22 heavy (non-hydrogen) atoms. The molecule has 0 aliphatic carbocycles. The molecule has 1 saturated heterocycles. The van der Waals surface area contributed by atoms with E-state index in [0.29, 0.717) is 18.8 Å². The highest BCUT2D eigenvalue weighted by molar-refractivity contribution is 6.61. The van der Waals surface area contributed by atoms with Crippen molar-refractivity contribution in [3.63, 3.8) is 0 Å². The third-order valence-electron chi connectivity index (χ3n) is 3.78. The molecular weight excluding hydrogens is 273 g/mol. The van der Waals surface area contributed by atoms with E-state index in [1.807, 2.05) is 36.4 Å². The van der Waals surface area contributed by atoms with E-state index in [1.54, 1.807) is 0 Å². The van der Waals surface area contributed by atoms with E-state index >= 15 is 0 Å². The van der Waals surface area contributed by atoms with Gasteiger partial charge in [-0.3, -0.25) is 0 Å². The molecule has 110 valence electrons. The lowest BCUT2D eigenvalue weighted by molar-refractivity contribution is 0.0343. The number of rotatable bonds is 2. The molecule has 0 atom stereocenters. The van der Waals surface area contributed by atoms with Crippen molar-refractivity contribution in [2.45, 2.75) is 13.8 Å². The molecule has 0 saturated carbocycles. The van der Waals surface area contributed by atoms with Gasteiger partial charge in [0, 0.05) is 18.6 Å². The lowest BCUT2D eigenvalue weighted by atomic mass is 9.75. The van der Waals surface area contributed by atoms with E-state index in [9.17, 15) is 0 Å². The van der Waals surface area contributed by atoms with Gasteiger partial charge in [-0.1, -0.05) is 50.2 Å². The van der Waals surface area contributed by atoms with Crippen LogP contribution in [-0.4, -0.2) is 20.3 Å². The molecule has 0 bridgehead atoms. The van der Waals surface area contributed by atoms with Crippen LogP contribution in [0.15, 0.2) is 48.5 Å². The molecule has 1 heterocycles. The second-order valence-electron chi connectivity index (χ2n) is 6.43. The monoisotopic (exact) mass is 291 g/mol. The van der Waals surface area contributed by atoms with Crippen molar-refractivity contribution >= 4 is 12.6 Å². The summed E-state index contributed by atoms with van der Waals surface area (Å²) in [6, 6.07) is 17.9. The summed E-state index contributed by atoms with van der Waals surface area (Å²) in [4.78, 5) is 0. The van der Waals surface area contributed by atoms with Crippen molar-refractivity contribution in [2.24, 2.45) is 5.41 Å². The number of benzene rings is 2. The van der Waals surface area contributed by atoms with Gasteiger partial charge in [0.15, 0.2) is 0 Å². The molecule has 2 aromatic carbocycles. The fourth-order valence-electron chi connectivity index (χ4n) is 2.45. The SMILES string of the molecule is CC1(C)COB(c2ccc(-c3ccc(C#N)cc3)cc2)OC1. The minimum absolute atomic E-state index is 0.0823. The van der Waals surface area contributed by atoms with E-state index < -0.39 is 0 Å². The summed E-state index contributed by atoms with van der Waals surface area (Å²) in [6.07, 6.45) is 0. The van der Waals surface area contributed by atoms with Crippen molar-refractivity contribution in [2.75, 3.05) is 13.2 Å². The zero-order chi connectivity index (χ0) is 15.6. The summed E-state index contributed by atoms with van der Waals surface area (Å²) in [7, 11) is -0.275. The molecular formula is C18H18BNO2. The van der Waals surface area contributed by atoms with Gasteiger partial charge in [-0.05, 0) is 28.7 Å². The van der Waals surface area contributed by atoms with Gasteiger partial charge >= 0.3 is 7.12 Å². The standard InChI is InChI=1S/C18H18BNO2/c1-18(2)12-21-19(22-13-18)17-9-7-16(8-10-17)15-5-3-14(11-20)4-6-15/h3-10H,12-13H2,1-2H3. The Bertz CT molecular complexity index is 677. The van der Waals surface area contributed by atoms with E-state index in [2.05, 4.69) is 32.0 Å². The Morgan fingerprint density at radius 3 is 1.91 bits per heavy atom. The molecule has 0 unspecified atom stereocenters. The average Bonchev–Trinajstić information content (AvgIpc) is 2.55. The van der Waals surface area contributed by atoms with Crippen molar-refractivity contribution in [1.82, 2.24) is 0 Å². The molecule has 0 aromatic heterocycles. The molecule has 0 N–H and O–H groups in total. The summed E-state index contributed by atoms with van der Waals surface area (Å²) in [5.41, 5.74) is 4.00. The first-order valence-corrected chi connectivity index (χ1v) is 7.41. The minimum atomic E-state index is -0.275. The normalized spacial score (nSPS) is 17.0. The molecule has 1 aliphatic heterocycles. The van der Waals surface area contributed by atoms with Gasteiger partial charge in [0.25, 0.3) is 0 Å². The predicted molar refractivity (Wildman–Crippen MR) is 87.7 cm³/mol. The molecule has 0 spiro atoms. The Labute approximate surface area is 131 Å². The highest BCUT2D eigenvalue weighted by Crippen LogP contribution is 2.22. The number of hydrogen-bond acceptors (Lipinski definition) is 3. The van der Waals surface area contributed by atoms with Gasteiger partial charge in [-0.15, -0.1) is 0 Å². The maximum absolute atomic E-state index is 8.84. The zero-order valence-corrected chi connectivity index (χ0v) is 12.9. The predicted octanol–water partition coefficient (Wildman–Crippen LogP) is 2.99. The van der Waals surface area contributed by atoms with Crippen LogP contribution in [0.2, 0.25) is 0 Å². The molecule has 3 rings (SSSR count). The van der Waals surface area contributed by atoms with Crippen LogP contribution in [-0.2, 0) is 9.31 Å². The second kappa shape index (κ2) is 5.96. The Morgan fingerprint density at radius 2 is 1.41 bits per heavy atom. The molecule has 1 aliphatic rings. The first-order valence-electron chi connectivity index (χ1n) is 7.41. The summed E-state index contributed by atoms with van der Waals surface area (Å²) in [5.74, 6) is 0. The summed E-state index contributed by atoms with van der Waals surface area (Å²) < 4.78 is 11.6. The summed E-state index contributed by atoms with van der Waals surface area (Å²) >= 11 is 0. The molecule has 2 aromatic rings. The molecule has 3 nitrogen and oxygen atoms in total. The number of hydrogen-bond donors (Lipinski definition) is 0. The van der Waals surface area contributed by atoms with E-state index in [1.165, 1.54) is 0 Å². The van der Waals surface area contributed by atoms with Crippen LogP contribution in [0.1, 0.15) is 19.4 Å². The lowest BCUT2D eigenvalue weighted by Crippen LogP contribution is -2.47. The van der Waals surface area contributed by atoms with Gasteiger partial charge in [-0.2, -0.15) is 5.26 Å². The molecule has 0 amide bonds. The fourth-order valence-corrected chi connectivity index (χ4v) is 2.45. The highest BCUT2D eigenvalue weighted by atomic mass is 16.6. The smallest absolute Gasteiger partial charge is 0.407 e. The zero-order valence-electron chi connectivity index (χ0n) is 12.9. The first kappa shape index (κ1) is 14.8. The van der Waals surface area contributed by atoms with E-state index in [0.717, 1.165) is 16.6 Å². The summed E-state index contributed by atoms with van der Waals surface area (Å²) in [5, 5.41) is 8.84. The van der Waals surface area contributed by atoms with E-state index in [4.69, 9.17) is 14.6 Å². The third-order valence-corrected chi connectivity index (χ3v) is 3.78. The van der Waals surface area contributed by atoms with Crippen molar-refractivity contribution < 1.29 is 9.31 Å². The third kappa shape index (κ3) is 3.22. The summed E-state index contributed by atoms with van der Waals surface area (Å²) in [6.45, 7) is 5.68. The topological polar surface area (TPSA) is 42.2 Å². The average molecular weight is 291 g/mol. The van der Waals surface area contributed by atoms with Gasteiger partial charge < -0.3 is 9.31 Å². The van der Waals surface area contributed by atoms with Crippen LogP contribution >= 0.6 is 0 Å². The Morgan fingerprint density at radius 1 is 0.909 bits per heavy atom. The van der Waals surface area contributed by atoms with Crippen LogP contribution in [0, 0.1) is 16.7 Å². The number of nitrogens with zero attached hydrogens (tertiary/aromatic N) is 1. The second-order valence-corrected chi connectivity index (χ2v) is 6.43. The lowest BCUT2D eigenvalue weighted by Gasteiger charge is -2.33. The van der Waals surface area contributed by atoms with Crippen molar-refractivity contribution in [3.8, 4) is 17.2 Å². The van der Waals surface area contributed by atoms with Gasteiger partial charge in [-0.25, -0.2) is 0 Å². The largest absolute Gasteiger partial charge is 0.493 e. The van der Waals surface area contributed by atoms with Crippen LogP contribution in [0.5, 0.6) is 0 Å². The first-order chi connectivity index (χ1) is 10.6. The maximum Gasteiger partial charge on any atom is 0.493 e. The number of nitriles is 1. The maximum atomic E-state index is 8.84. The van der Waals surface area contributed by atoms with Crippen LogP contribution in [0.3, 0.4) is 0 Å². The Balaban J connectivity index is 1.74. The molecule has 1 fully saturated rings. The van der Waals surface area contributed by atoms with E-state index in [-0.39, 0.29) is 12.5 Å². The molecule has 0 radical (unpaired) electrons. The Kier molecular flexibility index (Phi) is 4.02. The van der Waals surface area contributed by atoms with Crippen LogP contribution < -0.4 is 5.46 Å².